The van der Waals surface area contributed by atoms with Gasteiger partial charge in [-0.15, -0.1) is 23.1 Å². The van der Waals surface area contributed by atoms with Crippen molar-refractivity contribution in [3.8, 4) is 0 Å². The fourth-order valence-corrected chi connectivity index (χ4v) is 4.77. The van der Waals surface area contributed by atoms with Gasteiger partial charge in [0.25, 0.3) is 5.91 Å². The number of carbonyl (C=O) groups is 1. The Bertz CT molecular complexity index is 906. The molecule has 0 N–H and O–H groups in total. The second-order valence-electron chi connectivity index (χ2n) is 6.53. The number of hydrogen-bond donors (Lipinski definition) is 0. The topological polar surface area (TPSA) is 36.4 Å². The van der Waals surface area contributed by atoms with Gasteiger partial charge in [0.05, 0.1) is 0 Å². The number of anilines is 1. The van der Waals surface area contributed by atoms with Crippen molar-refractivity contribution in [3.05, 3.63) is 76.3 Å². The first-order valence-corrected chi connectivity index (χ1v) is 11.3. The van der Waals surface area contributed by atoms with Gasteiger partial charge in [-0.25, -0.2) is 4.98 Å². The smallest absolute Gasteiger partial charge is 0.253 e. The molecular formula is C21H20ClN3OS2. The molecule has 28 heavy (non-hydrogen) atoms. The lowest BCUT2D eigenvalue weighted by molar-refractivity contribution is 0.0747. The molecule has 0 aliphatic carbocycles. The molecule has 3 aromatic rings. The Morgan fingerprint density at radius 1 is 1.04 bits per heavy atom. The largest absolute Gasteiger partial charge is 0.345 e. The molecule has 1 aliphatic heterocycles. The van der Waals surface area contributed by atoms with Crippen LogP contribution in [0.25, 0.3) is 0 Å². The Labute approximate surface area is 178 Å². The fourth-order valence-electron chi connectivity index (χ4n) is 3.10. The number of nitrogens with zero attached hydrogens (tertiary/aromatic N) is 3. The third-order valence-electron chi connectivity index (χ3n) is 4.68. The lowest BCUT2D eigenvalue weighted by atomic mass is 10.1. The first-order valence-electron chi connectivity index (χ1n) is 9.10. The molecule has 1 aliphatic rings. The third kappa shape index (κ3) is 4.69. The van der Waals surface area contributed by atoms with Crippen LogP contribution >= 0.6 is 34.7 Å². The summed E-state index contributed by atoms with van der Waals surface area (Å²) in [4.78, 5) is 22.5. The highest BCUT2D eigenvalue weighted by atomic mass is 35.5. The van der Waals surface area contributed by atoms with E-state index in [1.54, 1.807) is 23.1 Å². The molecule has 0 radical (unpaired) electrons. The maximum absolute atomic E-state index is 12.8. The number of carbonyl (C=O) groups excluding carboxylic acids is 1. The Kier molecular flexibility index (Phi) is 6.20. The van der Waals surface area contributed by atoms with E-state index in [1.807, 2.05) is 65.0 Å². The monoisotopic (exact) mass is 429 g/mol. The summed E-state index contributed by atoms with van der Waals surface area (Å²) in [6.45, 7) is 3.11. The predicted molar refractivity (Wildman–Crippen MR) is 118 cm³/mol. The molecule has 7 heteroatoms. The molecule has 0 saturated carbocycles. The van der Waals surface area contributed by atoms with E-state index >= 15 is 0 Å². The maximum Gasteiger partial charge on any atom is 0.253 e. The average molecular weight is 430 g/mol. The molecule has 0 atom stereocenters. The number of amides is 1. The molecule has 1 fully saturated rings. The van der Waals surface area contributed by atoms with Crippen LogP contribution in [0.5, 0.6) is 0 Å². The minimum Gasteiger partial charge on any atom is -0.345 e. The van der Waals surface area contributed by atoms with Crippen molar-refractivity contribution in [1.82, 2.24) is 9.88 Å². The number of hydrogen-bond acceptors (Lipinski definition) is 5. The highest BCUT2D eigenvalue weighted by Crippen LogP contribution is 2.25. The van der Waals surface area contributed by atoms with Crippen molar-refractivity contribution in [2.24, 2.45) is 0 Å². The summed E-state index contributed by atoms with van der Waals surface area (Å²) in [6.07, 6.45) is 1.82. The standard InChI is InChI=1S/C21H20ClN3OS2/c22-18-5-7-19(8-6-18)28-15-16-1-3-17(4-2-16)20(26)24-10-12-25(13-11-24)21-23-9-14-27-21/h1-9,14H,10-13,15H2. The van der Waals surface area contributed by atoms with Crippen LogP contribution in [0.3, 0.4) is 0 Å². The number of rotatable bonds is 5. The van der Waals surface area contributed by atoms with E-state index in [4.69, 9.17) is 11.6 Å². The minimum absolute atomic E-state index is 0.107. The fraction of sp³-hybridized carbons (Fsp3) is 0.238. The Morgan fingerprint density at radius 3 is 2.39 bits per heavy atom. The summed E-state index contributed by atoms with van der Waals surface area (Å²) < 4.78 is 0. The van der Waals surface area contributed by atoms with Gasteiger partial charge in [0.1, 0.15) is 0 Å². The number of aromatic nitrogens is 1. The molecule has 1 amide bonds. The molecule has 0 unspecified atom stereocenters. The van der Waals surface area contributed by atoms with E-state index in [2.05, 4.69) is 9.88 Å². The lowest BCUT2D eigenvalue weighted by Gasteiger charge is -2.34. The van der Waals surface area contributed by atoms with Gasteiger partial charge in [-0.1, -0.05) is 23.7 Å². The zero-order chi connectivity index (χ0) is 19.3. The number of benzene rings is 2. The van der Waals surface area contributed by atoms with Gasteiger partial charge in [-0.05, 0) is 42.0 Å². The van der Waals surface area contributed by atoms with Crippen LogP contribution in [-0.2, 0) is 5.75 Å². The van der Waals surface area contributed by atoms with Crippen molar-refractivity contribution < 1.29 is 4.79 Å². The van der Waals surface area contributed by atoms with E-state index in [-0.39, 0.29) is 5.91 Å². The Morgan fingerprint density at radius 2 is 1.75 bits per heavy atom. The second-order valence-corrected chi connectivity index (χ2v) is 8.89. The summed E-state index contributed by atoms with van der Waals surface area (Å²) >= 11 is 9.33. The predicted octanol–water partition coefficient (Wildman–Crippen LogP) is 5.05. The second kappa shape index (κ2) is 8.99. The van der Waals surface area contributed by atoms with Crippen LogP contribution < -0.4 is 4.90 Å². The Hall–Kier alpha value is -2.02. The number of thiazole rings is 1. The summed E-state index contributed by atoms with van der Waals surface area (Å²) in [7, 11) is 0. The lowest BCUT2D eigenvalue weighted by Crippen LogP contribution is -2.48. The summed E-state index contributed by atoms with van der Waals surface area (Å²) in [6, 6.07) is 15.8. The zero-order valence-corrected chi connectivity index (χ0v) is 17.6. The molecule has 2 aromatic carbocycles. The van der Waals surface area contributed by atoms with Crippen LogP contribution in [0.4, 0.5) is 5.13 Å². The zero-order valence-electron chi connectivity index (χ0n) is 15.3. The number of piperazine rings is 1. The molecule has 0 bridgehead atoms. The van der Waals surface area contributed by atoms with Gasteiger partial charge < -0.3 is 9.80 Å². The highest BCUT2D eigenvalue weighted by Gasteiger charge is 2.23. The van der Waals surface area contributed by atoms with E-state index in [1.165, 1.54) is 10.5 Å². The van der Waals surface area contributed by atoms with E-state index in [0.29, 0.717) is 0 Å². The highest BCUT2D eigenvalue weighted by molar-refractivity contribution is 7.98. The quantitative estimate of drug-likeness (QED) is 0.531. The molecule has 1 aromatic heterocycles. The molecule has 1 saturated heterocycles. The first-order chi connectivity index (χ1) is 13.7. The van der Waals surface area contributed by atoms with Crippen LogP contribution in [0.2, 0.25) is 5.02 Å². The Balaban J connectivity index is 1.31. The average Bonchev–Trinajstić information content (AvgIpc) is 3.28. The molecular weight excluding hydrogens is 410 g/mol. The van der Waals surface area contributed by atoms with Gasteiger partial charge in [0.2, 0.25) is 0 Å². The van der Waals surface area contributed by atoms with Crippen molar-refractivity contribution in [2.45, 2.75) is 10.6 Å². The van der Waals surface area contributed by atoms with Gasteiger partial charge >= 0.3 is 0 Å². The molecule has 144 valence electrons. The van der Waals surface area contributed by atoms with Crippen molar-refractivity contribution >= 4 is 45.7 Å². The summed E-state index contributed by atoms with van der Waals surface area (Å²) in [5.74, 6) is 0.971. The van der Waals surface area contributed by atoms with Crippen molar-refractivity contribution in [1.29, 1.82) is 0 Å². The summed E-state index contributed by atoms with van der Waals surface area (Å²) in [5, 5.41) is 3.77. The number of halogens is 1. The number of thioether (sulfide) groups is 1. The first kappa shape index (κ1) is 19.3. The van der Waals surface area contributed by atoms with Crippen LogP contribution in [0.15, 0.2) is 65.0 Å². The van der Waals surface area contributed by atoms with E-state index in [0.717, 1.165) is 47.6 Å². The van der Waals surface area contributed by atoms with Crippen LogP contribution in [0, 0.1) is 0 Å². The molecule has 2 heterocycles. The van der Waals surface area contributed by atoms with E-state index < -0.39 is 0 Å². The van der Waals surface area contributed by atoms with E-state index in [9.17, 15) is 4.79 Å². The normalized spacial score (nSPS) is 14.3. The van der Waals surface area contributed by atoms with Crippen molar-refractivity contribution in [3.63, 3.8) is 0 Å². The van der Waals surface area contributed by atoms with Gasteiger partial charge in [-0.3, -0.25) is 4.79 Å². The maximum atomic E-state index is 12.8. The molecule has 4 nitrogen and oxygen atoms in total. The minimum atomic E-state index is 0.107. The van der Waals surface area contributed by atoms with Gasteiger partial charge in [0.15, 0.2) is 5.13 Å². The molecule has 4 rings (SSSR count). The van der Waals surface area contributed by atoms with Crippen molar-refractivity contribution in [2.75, 3.05) is 31.1 Å². The summed E-state index contributed by atoms with van der Waals surface area (Å²) in [5.41, 5.74) is 1.95. The van der Waals surface area contributed by atoms with Gasteiger partial charge in [-0.2, -0.15) is 0 Å². The SMILES string of the molecule is O=C(c1ccc(CSc2ccc(Cl)cc2)cc1)N1CCN(c2nccs2)CC1. The van der Waals surface area contributed by atoms with Crippen LogP contribution in [-0.4, -0.2) is 42.0 Å². The van der Waals surface area contributed by atoms with Crippen LogP contribution in [0.1, 0.15) is 15.9 Å². The van der Waals surface area contributed by atoms with Gasteiger partial charge in [0, 0.05) is 59.0 Å². The third-order valence-corrected chi connectivity index (χ3v) is 6.84. The molecule has 0 spiro atoms.